The molecule has 0 radical (unpaired) electrons. The van der Waals surface area contributed by atoms with E-state index in [0.717, 1.165) is 6.04 Å². The summed E-state index contributed by atoms with van der Waals surface area (Å²) in [6.07, 6.45) is 3.46. The van der Waals surface area contributed by atoms with E-state index in [4.69, 9.17) is 0 Å². The molecule has 2 nitrogen and oxygen atoms in total. The lowest BCUT2D eigenvalue weighted by Crippen LogP contribution is -2.41. The molecule has 2 atom stereocenters. The van der Waals surface area contributed by atoms with E-state index in [2.05, 4.69) is 18.7 Å². The van der Waals surface area contributed by atoms with Gasteiger partial charge in [0, 0.05) is 6.04 Å². The molecule has 1 fully saturated rings. The molecule has 1 aliphatic heterocycles. The van der Waals surface area contributed by atoms with E-state index < -0.39 is 0 Å². The predicted molar refractivity (Wildman–Crippen MR) is 55.7 cm³/mol. The van der Waals surface area contributed by atoms with Gasteiger partial charge >= 0.3 is 0 Å². The van der Waals surface area contributed by atoms with Crippen molar-refractivity contribution in [3.63, 3.8) is 0 Å². The average molecular weight is 185 g/mol. The number of aliphatic hydroxyl groups excluding tert-OH is 1. The van der Waals surface area contributed by atoms with E-state index in [0.29, 0.717) is 5.92 Å². The molecule has 0 spiro atoms. The summed E-state index contributed by atoms with van der Waals surface area (Å²) in [7, 11) is 0. The quantitative estimate of drug-likeness (QED) is 0.725. The zero-order valence-electron chi connectivity index (χ0n) is 9.16. The summed E-state index contributed by atoms with van der Waals surface area (Å²) >= 11 is 0. The molecule has 13 heavy (non-hydrogen) atoms. The van der Waals surface area contributed by atoms with Crippen molar-refractivity contribution in [2.75, 3.05) is 13.1 Å². The van der Waals surface area contributed by atoms with E-state index in [-0.39, 0.29) is 6.10 Å². The molecule has 78 valence electrons. The standard InChI is InChI=1S/C11H23NO/c1-4-9(2)12-7-5-11(6-8-12)10(3)13/h9-11,13H,4-8H2,1-3H3. The first kappa shape index (κ1) is 11.0. The molecule has 1 aliphatic rings. The van der Waals surface area contributed by atoms with Gasteiger partial charge in [0.15, 0.2) is 0 Å². The van der Waals surface area contributed by atoms with Crippen molar-refractivity contribution in [3.05, 3.63) is 0 Å². The highest BCUT2D eigenvalue weighted by atomic mass is 16.3. The first-order valence-electron chi connectivity index (χ1n) is 5.57. The van der Waals surface area contributed by atoms with Gasteiger partial charge in [-0.05, 0) is 52.1 Å². The second kappa shape index (κ2) is 4.97. The fourth-order valence-corrected chi connectivity index (χ4v) is 2.10. The molecule has 0 aromatic heterocycles. The maximum absolute atomic E-state index is 9.44. The van der Waals surface area contributed by atoms with Crippen LogP contribution in [0.2, 0.25) is 0 Å². The molecule has 0 aromatic rings. The summed E-state index contributed by atoms with van der Waals surface area (Å²) in [5, 5.41) is 9.44. The lowest BCUT2D eigenvalue weighted by molar-refractivity contribution is 0.0581. The van der Waals surface area contributed by atoms with Crippen molar-refractivity contribution >= 4 is 0 Å². The van der Waals surface area contributed by atoms with Crippen molar-refractivity contribution in [2.45, 2.75) is 52.2 Å². The lowest BCUT2D eigenvalue weighted by atomic mass is 9.91. The number of aliphatic hydroxyl groups is 1. The molecule has 1 saturated heterocycles. The summed E-state index contributed by atoms with van der Waals surface area (Å²) in [5.74, 6) is 0.542. The Kier molecular flexibility index (Phi) is 4.20. The molecule has 1 rings (SSSR count). The SMILES string of the molecule is CCC(C)N1CCC(C(C)O)CC1. The van der Waals surface area contributed by atoms with E-state index >= 15 is 0 Å². The Morgan fingerprint density at radius 3 is 2.23 bits per heavy atom. The highest BCUT2D eigenvalue weighted by Gasteiger charge is 2.24. The molecule has 0 bridgehead atoms. The van der Waals surface area contributed by atoms with Crippen LogP contribution in [0, 0.1) is 5.92 Å². The minimum atomic E-state index is -0.112. The van der Waals surface area contributed by atoms with Gasteiger partial charge in [-0.1, -0.05) is 6.92 Å². The molecule has 2 heteroatoms. The maximum Gasteiger partial charge on any atom is 0.0541 e. The van der Waals surface area contributed by atoms with Crippen molar-refractivity contribution in [1.82, 2.24) is 4.90 Å². The highest BCUT2D eigenvalue weighted by Crippen LogP contribution is 2.22. The second-order valence-corrected chi connectivity index (χ2v) is 4.37. The minimum Gasteiger partial charge on any atom is -0.393 e. The molecule has 1 N–H and O–H groups in total. The zero-order chi connectivity index (χ0) is 9.84. The smallest absolute Gasteiger partial charge is 0.0541 e. The molecular formula is C11H23NO. The average Bonchev–Trinajstić information content (AvgIpc) is 2.17. The molecule has 1 heterocycles. The van der Waals surface area contributed by atoms with E-state index in [1.54, 1.807) is 0 Å². The Morgan fingerprint density at radius 2 is 1.85 bits per heavy atom. The largest absolute Gasteiger partial charge is 0.393 e. The minimum absolute atomic E-state index is 0.112. The van der Waals surface area contributed by atoms with Crippen LogP contribution in [0.5, 0.6) is 0 Å². The fourth-order valence-electron chi connectivity index (χ4n) is 2.10. The number of likely N-dealkylation sites (tertiary alicyclic amines) is 1. The molecule has 0 aliphatic carbocycles. The molecule has 0 aromatic carbocycles. The molecule has 2 unspecified atom stereocenters. The van der Waals surface area contributed by atoms with Gasteiger partial charge in [-0.15, -0.1) is 0 Å². The van der Waals surface area contributed by atoms with Crippen LogP contribution in [-0.2, 0) is 0 Å². The Labute approximate surface area is 81.9 Å². The van der Waals surface area contributed by atoms with Gasteiger partial charge < -0.3 is 10.0 Å². The maximum atomic E-state index is 9.44. The Balaban J connectivity index is 2.30. The predicted octanol–water partition coefficient (Wildman–Crippen LogP) is 1.88. The van der Waals surface area contributed by atoms with Gasteiger partial charge in [-0.2, -0.15) is 0 Å². The normalized spacial score (nSPS) is 25.8. The number of hydrogen-bond acceptors (Lipinski definition) is 2. The Morgan fingerprint density at radius 1 is 1.31 bits per heavy atom. The van der Waals surface area contributed by atoms with Gasteiger partial charge in [-0.3, -0.25) is 0 Å². The van der Waals surface area contributed by atoms with E-state index in [9.17, 15) is 5.11 Å². The van der Waals surface area contributed by atoms with Gasteiger partial charge in [0.2, 0.25) is 0 Å². The molecular weight excluding hydrogens is 162 g/mol. The monoisotopic (exact) mass is 185 g/mol. The number of nitrogens with zero attached hydrogens (tertiary/aromatic N) is 1. The summed E-state index contributed by atoms with van der Waals surface area (Å²) in [4.78, 5) is 2.54. The first-order chi connectivity index (χ1) is 6.15. The van der Waals surface area contributed by atoms with E-state index in [1.165, 1.54) is 32.4 Å². The second-order valence-electron chi connectivity index (χ2n) is 4.37. The summed E-state index contributed by atoms with van der Waals surface area (Å²) in [5.41, 5.74) is 0. The zero-order valence-corrected chi connectivity index (χ0v) is 9.16. The van der Waals surface area contributed by atoms with Crippen LogP contribution >= 0.6 is 0 Å². The fraction of sp³-hybridized carbons (Fsp3) is 1.00. The van der Waals surface area contributed by atoms with Crippen LogP contribution in [0.1, 0.15) is 40.0 Å². The van der Waals surface area contributed by atoms with Crippen LogP contribution in [0.15, 0.2) is 0 Å². The van der Waals surface area contributed by atoms with Gasteiger partial charge in [0.05, 0.1) is 6.10 Å². The summed E-state index contributed by atoms with van der Waals surface area (Å²) in [6.45, 7) is 8.80. The van der Waals surface area contributed by atoms with Crippen molar-refractivity contribution in [3.8, 4) is 0 Å². The topological polar surface area (TPSA) is 23.5 Å². The summed E-state index contributed by atoms with van der Waals surface area (Å²) < 4.78 is 0. The van der Waals surface area contributed by atoms with Crippen LogP contribution in [0.25, 0.3) is 0 Å². The van der Waals surface area contributed by atoms with Crippen molar-refractivity contribution in [1.29, 1.82) is 0 Å². The van der Waals surface area contributed by atoms with E-state index in [1.807, 2.05) is 6.92 Å². The first-order valence-corrected chi connectivity index (χ1v) is 5.57. The third-order valence-electron chi connectivity index (χ3n) is 3.47. The van der Waals surface area contributed by atoms with Gasteiger partial charge in [0.25, 0.3) is 0 Å². The number of piperidine rings is 1. The molecule has 0 saturated carbocycles. The lowest BCUT2D eigenvalue weighted by Gasteiger charge is -2.36. The van der Waals surface area contributed by atoms with Gasteiger partial charge in [-0.25, -0.2) is 0 Å². The number of hydrogen-bond donors (Lipinski definition) is 1. The Hall–Kier alpha value is -0.0800. The van der Waals surface area contributed by atoms with Gasteiger partial charge in [0.1, 0.15) is 0 Å². The Bertz CT molecular complexity index is 139. The number of rotatable bonds is 3. The third-order valence-corrected chi connectivity index (χ3v) is 3.47. The molecule has 0 amide bonds. The van der Waals surface area contributed by atoms with Crippen LogP contribution in [0.3, 0.4) is 0 Å². The van der Waals surface area contributed by atoms with Crippen LogP contribution in [0.4, 0.5) is 0 Å². The third kappa shape index (κ3) is 2.96. The van der Waals surface area contributed by atoms with Crippen LogP contribution in [-0.4, -0.2) is 35.2 Å². The highest BCUT2D eigenvalue weighted by molar-refractivity contribution is 4.77. The van der Waals surface area contributed by atoms with Crippen molar-refractivity contribution < 1.29 is 5.11 Å². The van der Waals surface area contributed by atoms with Crippen LogP contribution < -0.4 is 0 Å². The van der Waals surface area contributed by atoms with Crippen molar-refractivity contribution in [2.24, 2.45) is 5.92 Å². The summed E-state index contributed by atoms with van der Waals surface area (Å²) in [6, 6.07) is 0.718.